The van der Waals surface area contributed by atoms with Gasteiger partial charge in [-0.3, -0.25) is 0 Å². The van der Waals surface area contributed by atoms with Crippen molar-refractivity contribution in [2.45, 2.75) is 13.0 Å². The fraction of sp³-hybridized carbons (Fsp3) is 0.176. The van der Waals surface area contributed by atoms with E-state index in [9.17, 15) is 0 Å². The minimum absolute atomic E-state index is 0.196. The highest BCUT2D eigenvalue weighted by atomic mass is 16.2. The molecule has 0 saturated carbocycles. The van der Waals surface area contributed by atoms with Crippen molar-refractivity contribution >= 4 is 16.6 Å². The number of H-pyrrole nitrogens is 1. The minimum atomic E-state index is 0.196. The average molecular weight is 266 g/mol. The van der Waals surface area contributed by atoms with Crippen LogP contribution in [0.2, 0.25) is 0 Å². The molecule has 0 atom stereocenters. The lowest BCUT2D eigenvalue weighted by atomic mass is 10.1. The van der Waals surface area contributed by atoms with Gasteiger partial charge in [-0.05, 0) is 41.1 Å². The summed E-state index contributed by atoms with van der Waals surface area (Å²) in [6.45, 7) is 0.985. The van der Waals surface area contributed by atoms with Crippen molar-refractivity contribution in [3.05, 3.63) is 65.9 Å². The second-order valence-electron chi connectivity index (χ2n) is 4.88. The number of hydrogen-bond acceptors (Lipinski definition) is 2. The summed E-state index contributed by atoms with van der Waals surface area (Å²) in [7, 11) is 0. The van der Waals surface area contributed by atoms with Gasteiger partial charge in [0.25, 0.3) is 0 Å². The van der Waals surface area contributed by atoms with Crippen molar-refractivity contribution in [2.75, 3.05) is 11.9 Å². The predicted molar refractivity (Wildman–Crippen MR) is 82.9 cm³/mol. The molecule has 102 valence electrons. The highest BCUT2D eigenvalue weighted by Gasteiger charge is 2.01. The Labute approximate surface area is 118 Å². The molecule has 0 amide bonds. The lowest BCUT2D eigenvalue weighted by Gasteiger charge is -2.08. The van der Waals surface area contributed by atoms with E-state index < -0.39 is 0 Å². The molecule has 0 aliphatic heterocycles. The molecular formula is C17H18N2O. The molecule has 1 aromatic heterocycles. The number of aromatic amines is 1. The monoisotopic (exact) mass is 266 g/mol. The number of anilines is 1. The second-order valence-corrected chi connectivity index (χ2v) is 4.88. The zero-order valence-electron chi connectivity index (χ0n) is 11.3. The topological polar surface area (TPSA) is 48.0 Å². The van der Waals surface area contributed by atoms with E-state index in [2.05, 4.69) is 46.7 Å². The number of para-hydroxylation sites is 1. The van der Waals surface area contributed by atoms with Crippen LogP contribution in [-0.2, 0) is 13.0 Å². The van der Waals surface area contributed by atoms with Crippen LogP contribution in [0.3, 0.4) is 0 Å². The number of benzene rings is 2. The molecule has 0 fully saturated rings. The molecule has 1 heterocycles. The summed E-state index contributed by atoms with van der Waals surface area (Å²) in [5.74, 6) is 0. The van der Waals surface area contributed by atoms with Gasteiger partial charge in [-0.25, -0.2) is 0 Å². The number of aliphatic hydroxyl groups excluding tert-OH is 1. The maximum atomic E-state index is 8.90. The van der Waals surface area contributed by atoms with Crippen molar-refractivity contribution in [1.82, 2.24) is 4.98 Å². The Hall–Kier alpha value is -2.26. The van der Waals surface area contributed by atoms with E-state index >= 15 is 0 Å². The first-order valence-corrected chi connectivity index (χ1v) is 6.85. The Morgan fingerprint density at radius 3 is 2.65 bits per heavy atom. The predicted octanol–water partition coefficient (Wildman–Crippen LogP) is 3.31. The van der Waals surface area contributed by atoms with Crippen LogP contribution in [0, 0.1) is 0 Å². The lowest BCUT2D eigenvalue weighted by molar-refractivity contribution is 0.299. The maximum absolute atomic E-state index is 8.90. The second kappa shape index (κ2) is 5.80. The zero-order chi connectivity index (χ0) is 13.8. The van der Waals surface area contributed by atoms with E-state index in [-0.39, 0.29) is 6.61 Å². The molecule has 3 heteroatoms. The summed E-state index contributed by atoms with van der Waals surface area (Å²) >= 11 is 0. The molecule has 3 aromatic rings. The van der Waals surface area contributed by atoms with Gasteiger partial charge in [-0.15, -0.1) is 0 Å². The van der Waals surface area contributed by atoms with Crippen molar-refractivity contribution in [2.24, 2.45) is 0 Å². The van der Waals surface area contributed by atoms with Gasteiger partial charge in [0.1, 0.15) is 0 Å². The summed E-state index contributed by atoms with van der Waals surface area (Å²) in [4.78, 5) is 3.28. The van der Waals surface area contributed by atoms with Gasteiger partial charge in [0.2, 0.25) is 0 Å². The van der Waals surface area contributed by atoms with Crippen LogP contribution in [0.1, 0.15) is 11.1 Å². The number of hydrogen-bond donors (Lipinski definition) is 3. The van der Waals surface area contributed by atoms with Gasteiger partial charge >= 0.3 is 0 Å². The van der Waals surface area contributed by atoms with Crippen LogP contribution in [0.4, 0.5) is 5.69 Å². The molecule has 0 unspecified atom stereocenters. The van der Waals surface area contributed by atoms with Crippen molar-refractivity contribution in [1.29, 1.82) is 0 Å². The van der Waals surface area contributed by atoms with E-state index in [0.717, 1.165) is 17.8 Å². The van der Waals surface area contributed by atoms with Gasteiger partial charge < -0.3 is 15.4 Å². The molecule has 0 saturated heterocycles. The lowest BCUT2D eigenvalue weighted by Crippen LogP contribution is -2.00. The molecule has 0 aliphatic rings. The fourth-order valence-corrected chi connectivity index (χ4v) is 2.41. The first kappa shape index (κ1) is 12.8. The fourth-order valence-electron chi connectivity index (χ4n) is 2.41. The zero-order valence-corrected chi connectivity index (χ0v) is 11.3. The first-order chi connectivity index (χ1) is 9.86. The quantitative estimate of drug-likeness (QED) is 0.663. The summed E-state index contributed by atoms with van der Waals surface area (Å²) in [5.41, 5.74) is 4.70. The van der Waals surface area contributed by atoms with E-state index in [1.54, 1.807) is 0 Å². The third kappa shape index (κ3) is 2.68. The molecule has 3 rings (SSSR count). The Bertz CT molecular complexity index is 686. The van der Waals surface area contributed by atoms with Crippen LogP contribution in [0.15, 0.2) is 54.7 Å². The van der Waals surface area contributed by atoms with Crippen molar-refractivity contribution in [3.8, 4) is 0 Å². The van der Waals surface area contributed by atoms with E-state index in [1.807, 2.05) is 18.3 Å². The molecule has 20 heavy (non-hydrogen) atoms. The molecule has 0 bridgehead atoms. The van der Waals surface area contributed by atoms with E-state index in [0.29, 0.717) is 6.42 Å². The summed E-state index contributed by atoms with van der Waals surface area (Å²) in [6, 6.07) is 16.6. The van der Waals surface area contributed by atoms with Crippen LogP contribution in [0.5, 0.6) is 0 Å². The molecule has 0 aliphatic carbocycles. The molecular weight excluding hydrogens is 248 g/mol. The number of fused-ring (bicyclic) bond motifs is 1. The molecule has 0 spiro atoms. The van der Waals surface area contributed by atoms with Crippen LogP contribution >= 0.6 is 0 Å². The van der Waals surface area contributed by atoms with Crippen LogP contribution in [0.25, 0.3) is 10.9 Å². The minimum Gasteiger partial charge on any atom is -0.396 e. The average Bonchev–Trinajstić information content (AvgIpc) is 2.96. The van der Waals surface area contributed by atoms with Gasteiger partial charge in [-0.2, -0.15) is 0 Å². The third-order valence-electron chi connectivity index (χ3n) is 3.51. The largest absolute Gasteiger partial charge is 0.396 e. The van der Waals surface area contributed by atoms with Crippen molar-refractivity contribution in [3.63, 3.8) is 0 Å². The standard InChI is InChI=1S/C17H18N2O/c20-11-9-13-4-6-16(7-5-13)19-12-15-3-1-2-14-8-10-18-17(14)15/h1-8,10,18-20H,9,11-12H2. The van der Waals surface area contributed by atoms with Gasteiger partial charge in [0.15, 0.2) is 0 Å². The summed E-state index contributed by atoms with van der Waals surface area (Å²) < 4.78 is 0. The first-order valence-electron chi connectivity index (χ1n) is 6.85. The molecule has 3 N–H and O–H groups in total. The van der Waals surface area contributed by atoms with Crippen molar-refractivity contribution < 1.29 is 5.11 Å². The van der Waals surface area contributed by atoms with E-state index in [4.69, 9.17) is 5.11 Å². The maximum Gasteiger partial charge on any atom is 0.0504 e. The molecule has 3 nitrogen and oxygen atoms in total. The van der Waals surface area contributed by atoms with Gasteiger partial charge in [0, 0.05) is 25.0 Å². The van der Waals surface area contributed by atoms with Gasteiger partial charge in [0.05, 0.1) is 5.52 Å². The summed E-state index contributed by atoms with van der Waals surface area (Å²) in [6.07, 6.45) is 2.68. The number of aromatic nitrogens is 1. The number of aliphatic hydroxyl groups is 1. The molecule has 2 aromatic carbocycles. The normalized spacial score (nSPS) is 10.8. The highest BCUT2D eigenvalue weighted by molar-refractivity contribution is 5.82. The van der Waals surface area contributed by atoms with Crippen LogP contribution in [-0.4, -0.2) is 16.7 Å². The number of rotatable bonds is 5. The Morgan fingerprint density at radius 2 is 1.85 bits per heavy atom. The SMILES string of the molecule is OCCc1ccc(NCc2cccc3cc[nH]c23)cc1. The Balaban J connectivity index is 1.71. The molecule has 0 radical (unpaired) electrons. The highest BCUT2D eigenvalue weighted by Crippen LogP contribution is 2.18. The Morgan fingerprint density at radius 1 is 1.00 bits per heavy atom. The van der Waals surface area contributed by atoms with Gasteiger partial charge in [-0.1, -0.05) is 30.3 Å². The van der Waals surface area contributed by atoms with Crippen LogP contribution < -0.4 is 5.32 Å². The smallest absolute Gasteiger partial charge is 0.0504 e. The third-order valence-corrected chi connectivity index (χ3v) is 3.51. The number of nitrogens with one attached hydrogen (secondary N) is 2. The van der Waals surface area contributed by atoms with E-state index in [1.165, 1.54) is 16.5 Å². The summed E-state index contributed by atoms with van der Waals surface area (Å²) in [5, 5.41) is 13.6. The Kier molecular flexibility index (Phi) is 3.70.